The van der Waals surface area contributed by atoms with Crippen molar-refractivity contribution in [1.82, 2.24) is 0 Å². The molecule has 0 amide bonds. The van der Waals surface area contributed by atoms with Crippen molar-refractivity contribution < 1.29 is 42.1 Å². The normalized spacial score (nSPS) is 20.0. The molecule has 1 aliphatic heterocycles. The Morgan fingerprint density at radius 2 is 1.31 bits per heavy atom. The van der Waals surface area contributed by atoms with Gasteiger partial charge in [-0.05, 0) is 73.9 Å². The van der Waals surface area contributed by atoms with Crippen molar-refractivity contribution in [2.45, 2.75) is 132 Å². The first-order valence-corrected chi connectivity index (χ1v) is 17.0. The quantitative estimate of drug-likeness (QED) is 0.110. The summed E-state index contributed by atoms with van der Waals surface area (Å²) >= 11 is 1.75. The number of fused-ring (bicyclic) bond motifs is 1. The summed E-state index contributed by atoms with van der Waals surface area (Å²) in [6.45, 7) is 3.92. The number of aliphatic carboxylic acids is 1. The van der Waals surface area contributed by atoms with Gasteiger partial charge in [0.2, 0.25) is 0 Å². The number of carboxylic acids is 1. The number of thioether (sulfide) groups is 1. The molecule has 45 heavy (non-hydrogen) atoms. The van der Waals surface area contributed by atoms with E-state index in [-0.39, 0.29) is 42.1 Å². The average Bonchev–Trinajstić information content (AvgIpc) is 2.96. The van der Waals surface area contributed by atoms with Gasteiger partial charge in [-0.25, -0.2) is 0 Å². The van der Waals surface area contributed by atoms with E-state index in [9.17, 15) is 42.1 Å². The molecular weight excluding hydrogens is 611 g/mol. The third-order valence-electron chi connectivity index (χ3n) is 9.57. The monoisotopic (exact) mass is 658 g/mol. The highest BCUT2D eigenvalue weighted by atomic mass is 32.2. The summed E-state index contributed by atoms with van der Waals surface area (Å²) in [6.07, 6.45) is 1.85. The second-order valence-electron chi connectivity index (χ2n) is 13.2. The number of aromatic hydroxyl groups is 2. The minimum atomic E-state index is -5.55. The van der Waals surface area contributed by atoms with Crippen LogP contribution in [0.3, 0.4) is 0 Å². The molecule has 2 aromatic carbocycles. The van der Waals surface area contributed by atoms with Gasteiger partial charge in [0.1, 0.15) is 11.5 Å². The number of unbranched alkanes of at least 4 members (excludes halogenated alkanes) is 8. The minimum Gasteiger partial charge on any atom is -0.508 e. The smallest absolute Gasteiger partial charge is 0.453 e. The first-order chi connectivity index (χ1) is 21.1. The molecule has 252 valence electrons. The van der Waals surface area contributed by atoms with Crippen LogP contribution in [-0.4, -0.2) is 39.1 Å². The molecule has 0 saturated heterocycles. The Kier molecular flexibility index (Phi) is 13.0. The van der Waals surface area contributed by atoms with Crippen molar-refractivity contribution in [3.8, 4) is 11.5 Å². The number of phenolic OH excluding ortho intramolecular Hbond substituents is 2. The molecule has 10 heteroatoms. The Morgan fingerprint density at radius 3 is 1.89 bits per heavy atom. The Morgan fingerprint density at radius 1 is 0.800 bits per heavy atom. The molecule has 3 rings (SSSR count). The molecule has 4 nitrogen and oxygen atoms in total. The third kappa shape index (κ3) is 10.00. The fourth-order valence-corrected chi connectivity index (χ4v) is 7.88. The van der Waals surface area contributed by atoms with Gasteiger partial charge >= 0.3 is 18.1 Å². The summed E-state index contributed by atoms with van der Waals surface area (Å²) in [5.74, 6) is -4.00. The molecule has 1 aliphatic rings. The van der Waals surface area contributed by atoms with E-state index < -0.39 is 29.9 Å². The lowest BCUT2D eigenvalue weighted by molar-refractivity contribution is -0.284. The molecule has 1 heterocycles. The lowest BCUT2D eigenvalue weighted by Crippen LogP contribution is -2.36. The first-order valence-electron chi connectivity index (χ1n) is 16.0. The third-order valence-corrected chi connectivity index (χ3v) is 11.0. The van der Waals surface area contributed by atoms with Crippen LogP contribution in [0.1, 0.15) is 121 Å². The summed E-state index contributed by atoms with van der Waals surface area (Å²) in [5, 5.41) is 29.6. The molecule has 3 atom stereocenters. The number of hydrogen-bond acceptors (Lipinski definition) is 4. The van der Waals surface area contributed by atoms with E-state index in [1.54, 1.807) is 36.9 Å². The van der Waals surface area contributed by atoms with Gasteiger partial charge in [0.25, 0.3) is 0 Å². The average molecular weight is 659 g/mol. The number of alkyl halides is 5. The molecule has 0 bridgehead atoms. The van der Waals surface area contributed by atoms with Crippen molar-refractivity contribution in [3.63, 3.8) is 0 Å². The van der Waals surface area contributed by atoms with Gasteiger partial charge in [-0.2, -0.15) is 22.0 Å². The predicted molar refractivity (Wildman–Crippen MR) is 168 cm³/mol. The van der Waals surface area contributed by atoms with Crippen LogP contribution in [0.15, 0.2) is 47.4 Å². The lowest BCUT2D eigenvalue weighted by Gasteiger charge is -2.43. The van der Waals surface area contributed by atoms with Crippen LogP contribution in [0.25, 0.3) is 0 Å². The van der Waals surface area contributed by atoms with Gasteiger partial charge in [0, 0.05) is 22.5 Å². The molecule has 0 aliphatic carbocycles. The molecular formula is C35H47F5O4S. The maximum Gasteiger partial charge on any atom is 0.453 e. The fourth-order valence-electron chi connectivity index (χ4n) is 6.48. The van der Waals surface area contributed by atoms with E-state index in [0.717, 1.165) is 62.0 Å². The molecule has 0 saturated carbocycles. The van der Waals surface area contributed by atoms with Crippen LogP contribution >= 0.6 is 11.8 Å². The highest BCUT2D eigenvalue weighted by Gasteiger charge is 2.56. The Labute approximate surface area is 267 Å². The molecule has 0 aromatic heterocycles. The van der Waals surface area contributed by atoms with Crippen molar-refractivity contribution in [1.29, 1.82) is 0 Å². The molecule has 2 aromatic rings. The molecule has 0 radical (unpaired) electrons. The Balaban J connectivity index is 1.39. The summed E-state index contributed by atoms with van der Waals surface area (Å²) in [6, 6.07) is 13.1. The van der Waals surface area contributed by atoms with Crippen molar-refractivity contribution in [2.75, 3.05) is 5.75 Å². The van der Waals surface area contributed by atoms with E-state index in [4.69, 9.17) is 0 Å². The van der Waals surface area contributed by atoms with Crippen molar-refractivity contribution in [2.24, 2.45) is 5.41 Å². The number of rotatable bonds is 18. The summed E-state index contributed by atoms with van der Waals surface area (Å²) in [7, 11) is 0. The van der Waals surface area contributed by atoms with Crippen LogP contribution in [-0.2, 0) is 10.2 Å². The van der Waals surface area contributed by atoms with Crippen molar-refractivity contribution in [3.05, 3.63) is 53.6 Å². The number of carboxylic acid groups (broad SMARTS) is 1. The number of hydrogen-bond donors (Lipinski definition) is 3. The first kappa shape index (κ1) is 37.0. The summed E-state index contributed by atoms with van der Waals surface area (Å²) in [4.78, 5) is 13.0. The van der Waals surface area contributed by atoms with Crippen LogP contribution < -0.4 is 0 Å². The van der Waals surface area contributed by atoms with E-state index >= 15 is 0 Å². The SMILES string of the molecule is CC(CCCCCCCCCC1c2ccc(O)cc2SCC1(C)c1ccc(O)cc1)(CCCCCC(F)(F)C(F)(F)F)C(=O)O. The molecule has 0 fully saturated rings. The molecule has 3 N–H and O–H groups in total. The van der Waals surface area contributed by atoms with Crippen LogP contribution in [0.5, 0.6) is 11.5 Å². The molecule has 3 unspecified atom stereocenters. The van der Waals surface area contributed by atoms with E-state index in [0.29, 0.717) is 12.8 Å². The Bertz CT molecular complexity index is 1240. The van der Waals surface area contributed by atoms with Gasteiger partial charge in [-0.1, -0.05) is 82.9 Å². The standard InChI is InChI=1S/C35H47F5O4S/c1-32(31(43)44,21-11-8-12-22-34(36,37)35(38,39)40)20-10-7-5-3-4-6-9-13-29-28-19-18-27(42)23-30(28)45-24-33(29,2)25-14-16-26(41)17-15-25/h14-19,23,29,41-42H,3-13,20-22,24H2,1-2H3,(H,43,44). The predicted octanol–water partition coefficient (Wildman–Crippen LogP) is 11.0. The topological polar surface area (TPSA) is 77.8 Å². The van der Waals surface area contributed by atoms with Crippen molar-refractivity contribution >= 4 is 17.7 Å². The maximum atomic E-state index is 13.1. The number of carbonyl (C=O) groups is 1. The zero-order valence-corrected chi connectivity index (χ0v) is 27.1. The molecule has 0 spiro atoms. The largest absolute Gasteiger partial charge is 0.508 e. The van der Waals surface area contributed by atoms with E-state index in [1.807, 2.05) is 24.3 Å². The summed E-state index contributed by atoms with van der Waals surface area (Å²) < 4.78 is 63.1. The van der Waals surface area contributed by atoms with Crippen LogP contribution in [0, 0.1) is 5.41 Å². The number of phenols is 2. The zero-order chi connectivity index (χ0) is 33.3. The maximum absolute atomic E-state index is 13.1. The summed E-state index contributed by atoms with van der Waals surface area (Å²) in [5.41, 5.74) is 1.31. The van der Waals surface area contributed by atoms with E-state index in [2.05, 4.69) is 6.92 Å². The van der Waals surface area contributed by atoms with Gasteiger partial charge in [-0.3, -0.25) is 4.79 Å². The van der Waals surface area contributed by atoms with Gasteiger partial charge in [0.05, 0.1) is 5.41 Å². The van der Waals surface area contributed by atoms with Gasteiger partial charge < -0.3 is 15.3 Å². The number of benzene rings is 2. The van der Waals surface area contributed by atoms with Crippen LogP contribution in [0.4, 0.5) is 22.0 Å². The fraction of sp³-hybridized carbons (Fsp3) is 0.629. The van der Waals surface area contributed by atoms with Gasteiger partial charge in [0.15, 0.2) is 0 Å². The Hall–Kier alpha value is -2.49. The zero-order valence-electron chi connectivity index (χ0n) is 26.3. The van der Waals surface area contributed by atoms with Gasteiger partial charge in [-0.15, -0.1) is 11.8 Å². The minimum absolute atomic E-state index is 0.118. The highest BCUT2D eigenvalue weighted by Crippen LogP contribution is 2.52. The van der Waals surface area contributed by atoms with E-state index in [1.165, 1.54) is 11.1 Å². The van der Waals surface area contributed by atoms with Crippen LogP contribution in [0.2, 0.25) is 0 Å². The highest BCUT2D eigenvalue weighted by molar-refractivity contribution is 7.99. The number of halogens is 5. The second kappa shape index (κ2) is 15.9. The second-order valence-corrected chi connectivity index (χ2v) is 14.2. The lowest BCUT2D eigenvalue weighted by atomic mass is 9.68.